The Morgan fingerprint density at radius 1 is 1.11 bits per heavy atom. The lowest BCUT2D eigenvalue weighted by molar-refractivity contribution is -0.116. The fraction of sp³-hybridized carbons (Fsp3) is 0.214. The Kier molecular flexibility index (Phi) is 7.49. The minimum Gasteiger partial charge on any atom is -0.455 e. The lowest BCUT2D eigenvalue weighted by atomic mass is 10.1. The molecule has 1 unspecified atom stereocenters. The van der Waals surface area contributed by atoms with Gasteiger partial charge in [0.15, 0.2) is 0 Å². The van der Waals surface area contributed by atoms with Gasteiger partial charge in [-0.15, -0.1) is 0 Å². The van der Waals surface area contributed by atoms with Crippen molar-refractivity contribution in [2.75, 3.05) is 16.4 Å². The highest BCUT2D eigenvalue weighted by Crippen LogP contribution is 2.39. The first-order chi connectivity index (χ1) is 18.0. The largest absolute Gasteiger partial charge is 0.455 e. The van der Waals surface area contributed by atoms with E-state index in [4.69, 9.17) is 4.74 Å². The van der Waals surface area contributed by atoms with E-state index in [9.17, 15) is 10.1 Å². The first kappa shape index (κ1) is 24.9. The molecule has 4 aromatic rings. The van der Waals surface area contributed by atoms with Gasteiger partial charge in [-0.1, -0.05) is 21.6 Å². The number of rotatable bonds is 7. The van der Waals surface area contributed by atoms with Crippen LogP contribution in [-0.2, 0) is 4.79 Å². The monoisotopic (exact) mass is 527 g/mol. The number of hydrogen-bond donors (Lipinski definition) is 2. The zero-order valence-corrected chi connectivity index (χ0v) is 22.1. The zero-order chi connectivity index (χ0) is 25.8. The topological polar surface area (TPSA) is 99.9 Å². The fourth-order valence-electron chi connectivity index (χ4n) is 4.04. The summed E-state index contributed by atoms with van der Waals surface area (Å²) in [6.45, 7) is 3.90. The van der Waals surface area contributed by atoms with E-state index >= 15 is 0 Å². The van der Waals surface area contributed by atoms with Crippen LogP contribution in [0.25, 0.3) is 10.9 Å². The molecule has 2 aromatic carbocycles. The third-order valence-corrected chi connectivity index (χ3v) is 8.91. The van der Waals surface area contributed by atoms with Crippen LogP contribution in [0.1, 0.15) is 29.7 Å². The molecule has 1 atom stereocenters. The Balaban J connectivity index is 1.39. The summed E-state index contributed by atoms with van der Waals surface area (Å²) in [7, 11) is 3.60. The molecule has 1 saturated heterocycles. The van der Waals surface area contributed by atoms with Crippen LogP contribution in [0.4, 0.5) is 17.1 Å². The standard InChI is InChI=1S/C28H25N5O2S2/c1-17-11-20(5-8-26(17)35-22-6-3-18(2)30-16-22)33-28-19(14-29)15-31-25-7-4-21(12-24(25)28)32-27(34)13-23-9-10-36-37-23/h3-8,11-12,15-16,23H,9-10,13H2,1-2H3,(H,31,33)(H,32,34). The smallest absolute Gasteiger partial charge is 0.225 e. The first-order valence-corrected chi connectivity index (χ1v) is 14.3. The van der Waals surface area contributed by atoms with Crippen LogP contribution in [0, 0.1) is 25.2 Å². The van der Waals surface area contributed by atoms with Gasteiger partial charge >= 0.3 is 0 Å². The fourth-order valence-corrected chi connectivity index (χ4v) is 6.94. The van der Waals surface area contributed by atoms with Crippen LogP contribution >= 0.6 is 21.6 Å². The number of anilines is 3. The molecule has 0 saturated carbocycles. The molecule has 186 valence electrons. The van der Waals surface area contributed by atoms with Gasteiger partial charge in [-0.2, -0.15) is 5.26 Å². The second kappa shape index (κ2) is 11.1. The summed E-state index contributed by atoms with van der Waals surface area (Å²) in [5, 5.41) is 17.3. The highest BCUT2D eigenvalue weighted by atomic mass is 33.1. The molecule has 0 radical (unpaired) electrons. The summed E-state index contributed by atoms with van der Waals surface area (Å²) >= 11 is 0. The maximum Gasteiger partial charge on any atom is 0.225 e. The highest BCUT2D eigenvalue weighted by Gasteiger charge is 2.20. The average molecular weight is 528 g/mol. The number of carbonyl (C=O) groups is 1. The molecule has 0 spiro atoms. The van der Waals surface area contributed by atoms with Crippen molar-refractivity contribution >= 4 is 55.5 Å². The molecule has 0 aliphatic carbocycles. The summed E-state index contributed by atoms with van der Waals surface area (Å²) in [6.07, 6.45) is 4.80. The molecule has 2 N–H and O–H groups in total. The average Bonchev–Trinajstić information content (AvgIpc) is 3.40. The molecule has 7 nitrogen and oxygen atoms in total. The van der Waals surface area contributed by atoms with Crippen molar-refractivity contribution in [3.63, 3.8) is 0 Å². The molecule has 1 amide bonds. The number of pyridine rings is 2. The molecule has 5 rings (SSSR count). The molecule has 1 fully saturated rings. The maximum absolute atomic E-state index is 12.6. The molecule has 3 heterocycles. The number of fused-ring (bicyclic) bond motifs is 1. The molecular formula is C28H25N5O2S2. The summed E-state index contributed by atoms with van der Waals surface area (Å²) in [6, 6.07) is 17.3. The molecule has 0 bridgehead atoms. The van der Waals surface area contributed by atoms with Gasteiger partial charge in [-0.3, -0.25) is 14.8 Å². The third-order valence-electron chi connectivity index (χ3n) is 5.97. The quantitative estimate of drug-likeness (QED) is 0.245. The van der Waals surface area contributed by atoms with E-state index in [-0.39, 0.29) is 5.91 Å². The van der Waals surface area contributed by atoms with E-state index in [1.807, 2.05) is 73.2 Å². The van der Waals surface area contributed by atoms with Crippen molar-refractivity contribution in [2.45, 2.75) is 31.9 Å². The Hall–Kier alpha value is -3.74. The van der Waals surface area contributed by atoms with Crippen molar-refractivity contribution in [1.82, 2.24) is 9.97 Å². The molecular weight excluding hydrogens is 502 g/mol. The van der Waals surface area contributed by atoms with E-state index in [2.05, 4.69) is 26.7 Å². The van der Waals surface area contributed by atoms with Crippen molar-refractivity contribution < 1.29 is 9.53 Å². The third kappa shape index (κ3) is 5.98. The van der Waals surface area contributed by atoms with Gasteiger partial charge in [0, 0.05) is 46.1 Å². The van der Waals surface area contributed by atoms with E-state index < -0.39 is 0 Å². The molecule has 9 heteroatoms. The number of aryl methyl sites for hydroxylation is 2. The van der Waals surface area contributed by atoms with Gasteiger partial charge in [0.25, 0.3) is 0 Å². The number of amides is 1. The number of benzene rings is 2. The Bertz CT molecular complexity index is 1500. The van der Waals surface area contributed by atoms with Crippen molar-refractivity contribution in [2.24, 2.45) is 0 Å². The molecule has 2 aromatic heterocycles. The number of nitriles is 1. The normalized spacial score (nSPS) is 14.8. The van der Waals surface area contributed by atoms with Gasteiger partial charge < -0.3 is 15.4 Å². The lowest BCUT2D eigenvalue weighted by Crippen LogP contribution is -2.16. The molecule has 1 aliphatic heterocycles. The highest BCUT2D eigenvalue weighted by molar-refractivity contribution is 8.77. The minimum absolute atomic E-state index is 0.00625. The second-order valence-corrected chi connectivity index (χ2v) is 11.6. The number of ether oxygens (including phenoxy) is 1. The molecule has 37 heavy (non-hydrogen) atoms. The Labute approximate surface area is 223 Å². The number of carbonyl (C=O) groups excluding carboxylic acids is 1. The second-order valence-electron chi connectivity index (χ2n) is 8.81. The molecule has 1 aliphatic rings. The first-order valence-electron chi connectivity index (χ1n) is 11.9. The van der Waals surface area contributed by atoms with Crippen LogP contribution in [0.3, 0.4) is 0 Å². The van der Waals surface area contributed by atoms with E-state index in [0.717, 1.165) is 45.8 Å². The summed E-state index contributed by atoms with van der Waals surface area (Å²) in [4.78, 5) is 21.3. The summed E-state index contributed by atoms with van der Waals surface area (Å²) in [5.41, 5.74) is 5.13. The number of aromatic nitrogens is 2. The van der Waals surface area contributed by atoms with Crippen LogP contribution < -0.4 is 15.4 Å². The Morgan fingerprint density at radius 2 is 1.97 bits per heavy atom. The number of nitrogens with one attached hydrogen (secondary N) is 2. The SMILES string of the molecule is Cc1ccc(Oc2ccc(Nc3c(C#N)cnc4ccc(NC(=O)CC5CCSS5)cc34)cc2C)cn1. The van der Waals surface area contributed by atoms with Crippen LogP contribution in [0.15, 0.2) is 60.9 Å². The van der Waals surface area contributed by atoms with Crippen molar-refractivity contribution in [3.8, 4) is 17.6 Å². The van der Waals surface area contributed by atoms with Crippen molar-refractivity contribution in [3.05, 3.63) is 77.7 Å². The predicted octanol–water partition coefficient (Wildman–Crippen LogP) is 7.14. The van der Waals surface area contributed by atoms with Gasteiger partial charge in [0.1, 0.15) is 17.6 Å². The maximum atomic E-state index is 12.6. The van der Waals surface area contributed by atoms with Gasteiger partial charge in [-0.05, 0) is 74.4 Å². The summed E-state index contributed by atoms with van der Waals surface area (Å²) in [5.74, 6) is 2.47. The number of nitrogens with zero attached hydrogens (tertiary/aromatic N) is 3. The minimum atomic E-state index is -0.00625. The van der Waals surface area contributed by atoms with Crippen LogP contribution in [-0.4, -0.2) is 26.9 Å². The van der Waals surface area contributed by atoms with Gasteiger partial charge in [0.2, 0.25) is 5.91 Å². The van der Waals surface area contributed by atoms with Crippen LogP contribution in [0.2, 0.25) is 0 Å². The lowest BCUT2D eigenvalue weighted by Gasteiger charge is -2.15. The zero-order valence-electron chi connectivity index (χ0n) is 20.4. The predicted molar refractivity (Wildman–Crippen MR) is 152 cm³/mol. The van der Waals surface area contributed by atoms with Crippen molar-refractivity contribution in [1.29, 1.82) is 5.26 Å². The summed E-state index contributed by atoms with van der Waals surface area (Å²) < 4.78 is 5.99. The van der Waals surface area contributed by atoms with Gasteiger partial charge in [0.05, 0.1) is 23.0 Å². The van der Waals surface area contributed by atoms with E-state index in [0.29, 0.717) is 34.4 Å². The van der Waals surface area contributed by atoms with Gasteiger partial charge in [-0.25, -0.2) is 0 Å². The van der Waals surface area contributed by atoms with Crippen LogP contribution in [0.5, 0.6) is 11.5 Å². The van der Waals surface area contributed by atoms with E-state index in [1.165, 1.54) is 0 Å². The Morgan fingerprint density at radius 3 is 2.70 bits per heavy atom. The van der Waals surface area contributed by atoms with E-state index in [1.54, 1.807) is 23.2 Å². The number of hydrogen-bond acceptors (Lipinski definition) is 8.